The monoisotopic (exact) mass is 395 g/mol. The molecule has 1 aromatic carbocycles. The molecule has 3 aromatic rings. The molecule has 1 unspecified atom stereocenters. The van der Waals surface area contributed by atoms with Crippen molar-refractivity contribution in [3.63, 3.8) is 0 Å². The molecule has 1 atom stereocenters. The SMILES string of the molecule is CC(NC(=O)c1c(O)c2cc3c(OC(F)F)cccc3n2n(C)c1=O)C(=O)O. The van der Waals surface area contributed by atoms with E-state index in [0.29, 0.717) is 0 Å². The lowest BCUT2D eigenvalue weighted by Gasteiger charge is -2.13. The highest BCUT2D eigenvalue weighted by Gasteiger charge is 2.26. The van der Waals surface area contributed by atoms with Crippen molar-refractivity contribution in [2.75, 3.05) is 0 Å². The molecule has 0 bridgehead atoms. The number of hydrogen-bond donors (Lipinski definition) is 3. The lowest BCUT2D eigenvalue weighted by Crippen LogP contribution is -2.41. The Hall–Kier alpha value is -3.63. The summed E-state index contributed by atoms with van der Waals surface area (Å²) in [6.45, 7) is -1.88. The Labute approximate surface area is 155 Å². The third-order valence-corrected chi connectivity index (χ3v) is 4.23. The van der Waals surface area contributed by atoms with E-state index in [4.69, 9.17) is 5.11 Å². The smallest absolute Gasteiger partial charge is 0.387 e. The summed E-state index contributed by atoms with van der Waals surface area (Å²) < 4.78 is 32.0. The Morgan fingerprint density at radius 1 is 1.25 bits per heavy atom. The van der Waals surface area contributed by atoms with Gasteiger partial charge in [-0.25, -0.2) is 9.20 Å². The highest BCUT2D eigenvalue weighted by atomic mass is 19.3. The van der Waals surface area contributed by atoms with E-state index < -0.39 is 41.4 Å². The van der Waals surface area contributed by atoms with Gasteiger partial charge in [0.25, 0.3) is 11.5 Å². The average Bonchev–Trinajstić information content (AvgIpc) is 3.00. The number of rotatable bonds is 5. The predicted molar refractivity (Wildman–Crippen MR) is 93.0 cm³/mol. The van der Waals surface area contributed by atoms with E-state index in [2.05, 4.69) is 10.1 Å². The maximum Gasteiger partial charge on any atom is 0.387 e. The van der Waals surface area contributed by atoms with Gasteiger partial charge in [-0.15, -0.1) is 0 Å². The van der Waals surface area contributed by atoms with Crippen molar-refractivity contribution in [1.82, 2.24) is 14.5 Å². The Balaban J connectivity index is 2.27. The number of carbonyl (C=O) groups excluding carboxylic acids is 1. The molecule has 2 aromatic heterocycles. The molecular weight excluding hydrogens is 380 g/mol. The lowest BCUT2D eigenvalue weighted by molar-refractivity contribution is -0.138. The molecule has 9 nitrogen and oxygen atoms in total. The number of aromatic nitrogens is 2. The van der Waals surface area contributed by atoms with Gasteiger partial charge in [0.1, 0.15) is 22.9 Å². The first kappa shape index (κ1) is 19.1. The molecule has 0 aliphatic carbocycles. The molecule has 0 saturated carbocycles. The minimum absolute atomic E-state index is 0.0180. The molecule has 3 rings (SSSR count). The van der Waals surface area contributed by atoms with Gasteiger partial charge in [0.2, 0.25) is 0 Å². The summed E-state index contributed by atoms with van der Waals surface area (Å²) in [5, 5.41) is 21.7. The van der Waals surface area contributed by atoms with Crippen LogP contribution in [-0.4, -0.2) is 43.9 Å². The number of carbonyl (C=O) groups is 2. The number of alkyl halides is 2. The van der Waals surface area contributed by atoms with E-state index in [9.17, 15) is 28.3 Å². The molecule has 0 saturated heterocycles. The van der Waals surface area contributed by atoms with Gasteiger partial charge in [-0.05, 0) is 25.1 Å². The predicted octanol–water partition coefficient (Wildman–Crippen LogP) is 1.30. The molecule has 3 N–H and O–H groups in total. The van der Waals surface area contributed by atoms with Gasteiger partial charge in [-0.3, -0.25) is 14.4 Å². The quantitative estimate of drug-likeness (QED) is 0.599. The maximum atomic E-state index is 12.6. The molecule has 0 fully saturated rings. The molecule has 1 amide bonds. The molecule has 28 heavy (non-hydrogen) atoms. The molecule has 0 aliphatic heterocycles. The first-order valence-corrected chi connectivity index (χ1v) is 7.98. The average molecular weight is 395 g/mol. The van der Waals surface area contributed by atoms with Gasteiger partial charge in [-0.2, -0.15) is 8.78 Å². The van der Waals surface area contributed by atoms with E-state index in [1.165, 1.54) is 42.8 Å². The van der Waals surface area contributed by atoms with Crippen molar-refractivity contribution in [1.29, 1.82) is 0 Å². The summed E-state index contributed by atoms with van der Waals surface area (Å²) in [6.07, 6.45) is 0. The zero-order valence-corrected chi connectivity index (χ0v) is 14.6. The number of aromatic hydroxyl groups is 1. The number of benzene rings is 1. The van der Waals surface area contributed by atoms with Crippen LogP contribution in [-0.2, 0) is 11.8 Å². The molecule has 2 heterocycles. The van der Waals surface area contributed by atoms with Gasteiger partial charge in [0, 0.05) is 12.4 Å². The Bertz CT molecular complexity index is 1170. The van der Waals surface area contributed by atoms with Gasteiger partial charge in [0.05, 0.1) is 5.52 Å². The third-order valence-electron chi connectivity index (χ3n) is 4.23. The summed E-state index contributed by atoms with van der Waals surface area (Å²) in [6, 6.07) is 4.24. The van der Waals surface area contributed by atoms with Crippen molar-refractivity contribution < 1.29 is 33.3 Å². The van der Waals surface area contributed by atoms with Crippen LogP contribution in [0.25, 0.3) is 16.4 Å². The van der Waals surface area contributed by atoms with Crippen molar-refractivity contribution in [3.8, 4) is 11.5 Å². The van der Waals surface area contributed by atoms with Crippen LogP contribution in [0.3, 0.4) is 0 Å². The van der Waals surface area contributed by atoms with Gasteiger partial charge < -0.3 is 20.3 Å². The van der Waals surface area contributed by atoms with Crippen LogP contribution in [0, 0.1) is 0 Å². The normalized spacial score (nSPS) is 12.5. The molecule has 0 aliphatic rings. The molecule has 0 radical (unpaired) electrons. The molecular formula is C17H15F2N3O6. The van der Waals surface area contributed by atoms with Crippen molar-refractivity contribution in [2.24, 2.45) is 7.05 Å². The second kappa shape index (κ2) is 6.83. The van der Waals surface area contributed by atoms with Crippen molar-refractivity contribution >= 4 is 28.3 Å². The Kier molecular flexibility index (Phi) is 4.67. The van der Waals surface area contributed by atoms with Crippen LogP contribution in [0.4, 0.5) is 8.78 Å². The fourth-order valence-corrected chi connectivity index (χ4v) is 2.90. The number of carboxylic acid groups (broad SMARTS) is 1. The van der Waals surface area contributed by atoms with Gasteiger partial charge >= 0.3 is 12.6 Å². The van der Waals surface area contributed by atoms with Crippen LogP contribution in [0.1, 0.15) is 17.3 Å². The van der Waals surface area contributed by atoms with Crippen LogP contribution in [0.2, 0.25) is 0 Å². The topological polar surface area (TPSA) is 122 Å². The number of fused-ring (bicyclic) bond motifs is 3. The second-order valence-corrected chi connectivity index (χ2v) is 5.99. The highest BCUT2D eigenvalue weighted by molar-refractivity contribution is 6.02. The summed E-state index contributed by atoms with van der Waals surface area (Å²) in [5.41, 5.74) is -1.30. The van der Waals surface area contributed by atoms with Crippen LogP contribution >= 0.6 is 0 Å². The zero-order chi connectivity index (χ0) is 20.7. The van der Waals surface area contributed by atoms with Crippen LogP contribution < -0.4 is 15.6 Å². The Morgan fingerprint density at radius 3 is 2.54 bits per heavy atom. The van der Waals surface area contributed by atoms with Crippen LogP contribution in [0.15, 0.2) is 29.1 Å². The number of halogens is 2. The maximum absolute atomic E-state index is 12.6. The molecule has 0 spiro atoms. The molecule has 11 heteroatoms. The van der Waals surface area contributed by atoms with E-state index in [-0.39, 0.29) is 22.2 Å². The van der Waals surface area contributed by atoms with E-state index >= 15 is 0 Å². The van der Waals surface area contributed by atoms with E-state index in [1.807, 2.05) is 0 Å². The number of aryl methyl sites for hydroxylation is 1. The summed E-state index contributed by atoms with van der Waals surface area (Å²) in [4.78, 5) is 35.9. The van der Waals surface area contributed by atoms with Crippen molar-refractivity contribution in [3.05, 3.63) is 40.2 Å². The van der Waals surface area contributed by atoms with Gasteiger partial charge in [-0.1, -0.05) is 6.07 Å². The van der Waals surface area contributed by atoms with E-state index in [1.54, 1.807) is 0 Å². The number of aliphatic carboxylic acids is 1. The highest BCUT2D eigenvalue weighted by Crippen LogP contribution is 2.33. The van der Waals surface area contributed by atoms with Crippen LogP contribution in [0.5, 0.6) is 11.5 Å². The number of nitrogens with one attached hydrogen (secondary N) is 1. The first-order chi connectivity index (χ1) is 13.1. The third kappa shape index (κ3) is 3.00. The zero-order valence-electron chi connectivity index (χ0n) is 14.6. The summed E-state index contributed by atoms with van der Waals surface area (Å²) in [7, 11) is 1.31. The largest absolute Gasteiger partial charge is 0.505 e. The van der Waals surface area contributed by atoms with E-state index in [0.717, 1.165) is 4.68 Å². The Morgan fingerprint density at radius 2 is 1.93 bits per heavy atom. The fraction of sp³-hybridized carbons (Fsp3) is 0.235. The molecule has 148 valence electrons. The standard InChI is InChI=1S/C17H15F2N3O6/c1-7(16(26)27)20-14(24)12-13(23)10-6-8-9(22(10)21(2)15(12)25)4-3-5-11(8)28-17(18)19/h3-7,17,23H,1-2H3,(H,20,24)(H,26,27). The number of carboxylic acids is 1. The summed E-state index contributed by atoms with van der Waals surface area (Å²) in [5.74, 6) is -3.29. The minimum Gasteiger partial charge on any atom is -0.505 e. The second-order valence-electron chi connectivity index (χ2n) is 5.99. The number of nitrogens with zero attached hydrogens (tertiary/aromatic N) is 2. The van der Waals surface area contributed by atoms with Gasteiger partial charge in [0.15, 0.2) is 5.75 Å². The number of ether oxygens (including phenoxy) is 1. The number of hydrogen-bond acceptors (Lipinski definition) is 5. The van der Waals surface area contributed by atoms with Crippen molar-refractivity contribution in [2.45, 2.75) is 19.6 Å². The lowest BCUT2D eigenvalue weighted by atomic mass is 10.2. The first-order valence-electron chi connectivity index (χ1n) is 7.98. The fourth-order valence-electron chi connectivity index (χ4n) is 2.90. The number of amides is 1. The minimum atomic E-state index is -3.08. The summed E-state index contributed by atoms with van der Waals surface area (Å²) >= 11 is 0.